The lowest BCUT2D eigenvalue weighted by Gasteiger charge is -2.39. The van der Waals surface area contributed by atoms with Crippen LogP contribution in [0.2, 0.25) is 0 Å². The maximum absolute atomic E-state index is 14.8. The molecule has 0 bridgehead atoms. The van der Waals surface area contributed by atoms with Gasteiger partial charge in [0.2, 0.25) is 17.7 Å². The van der Waals surface area contributed by atoms with E-state index in [-0.39, 0.29) is 129 Å². The molecule has 37 nitrogen and oxygen atoms in total. The normalized spacial score (nSPS) is 15.2. The van der Waals surface area contributed by atoms with Crippen LogP contribution in [-0.2, 0) is 104 Å². The highest BCUT2D eigenvalue weighted by Gasteiger charge is 2.41. The van der Waals surface area contributed by atoms with E-state index in [0.29, 0.717) is 35.8 Å². The van der Waals surface area contributed by atoms with Crippen LogP contribution in [0.15, 0.2) is 60.0 Å². The van der Waals surface area contributed by atoms with Gasteiger partial charge >= 0.3 is 53.9 Å². The number of aromatic nitrogens is 1. The van der Waals surface area contributed by atoms with Gasteiger partial charge in [-0.2, -0.15) is 0 Å². The number of piperidine rings is 1. The molecule has 1 fully saturated rings. The number of carbonyl (C=O) groups excluding carboxylic acids is 13. The number of carbonyl (C=O) groups is 18. The van der Waals surface area contributed by atoms with Crippen LogP contribution in [0, 0.1) is 35.5 Å². The number of Topliss-reactive ketones (excluding diaryl/α,β-unsaturated/α-hetero) is 4. The Hall–Kier alpha value is -10.6. The van der Waals surface area contributed by atoms with Gasteiger partial charge in [0.15, 0.2) is 30.6 Å². The number of phenolic OH excluding ortho intramolecular Hbond substituents is 1. The molecule has 7 amide bonds. The first-order chi connectivity index (χ1) is 58.1. The van der Waals surface area contributed by atoms with Crippen molar-refractivity contribution in [3.05, 3.63) is 81.8 Å². The first kappa shape index (κ1) is 107. The lowest BCUT2D eigenvalue weighted by Crippen LogP contribution is -2.50. The standard InChI is InChI=1S/C43H66N4O8S.C40H53N5O20S2/c1-10-14-40(51)54-26-47(43(53)34(29(7)11-2)23-38(50)36-15-12-13-20-46(36)9)37(28(5)6)24-39(55-30(8)48)42-45-35(25-56-42)41(52)44-32(21-27(3)4)22-31-16-18-33(49)19-17-31;1-22(47)19-41-40(63)64-13-14-66-67-20-25(36(56)57)17-30(49)29(15-23-5-3-2-4-6-23)43-35(55)24(18-34(53)54)16-26(48)7-8-27(37(58)59)42-31(50)10-9-28(38(60)61)44-39(62)45-32(65-21-46)11-12-33(51)52/h16-19,25,27-29,32,34,36-37,39,49H,10-15,20-24,26H2,1-9H3,(H,44,52);2-6,21,24-25,27-29,32H,7-20H2,1H3,(H,41,63)(H,42,50)(H,43,55)(H,51,52)(H,53,54)(H,56,57)(H,58,59)(H,60,61)(H2,44,45,62)/t29?,32-,34+,36-,37-,39-;24-,25+,27-,28-,29+,32+/m10/s1. The minimum absolute atomic E-state index is 0.0416. The zero-order valence-corrected chi connectivity index (χ0v) is 73.5. The number of likely N-dealkylation sites (tertiary alicyclic amines) is 1. The molecule has 0 radical (unpaired) electrons. The zero-order valence-electron chi connectivity index (χ0n) is 71.0. The minimum Gasteiger partial charge on any atom is -0.508 e. The number of likely N-dealkylation sites (N-methyl/N-ethyl adjacent to an activating group) is 1. The highest BCUT2D eigenvalue weighted by molar-refractivity contribution is 8.76. The predicted molar refractivity (Wildman–Crippen MR) is 450 cm³/mol. The summed E-state index contributed by atoms with van der Waals surface area (Å²) in [5.74, 6) is -15.9. The Labute approximate surface area is 726 Å². The van der Waals surface area contributed by atoms with Crippen LogP contribution in [0.4, 0.5) is 9.59 Å². The molecule has 12 atom stereocenters. The fraction of sp³-hybridized carbons (Fsp3) is 0.602. The summed E-state index contributed by atoms with van der Waals surface area (Å²) in [6.07, 6.45) is -3.10. The lowest BCUT2D eigenvalue weighted by molar-refractivity contribution is -0.162. The average molecular weight is 1790 g/mol. The summed E-state index contributed by atoms with van der Waals surface area (Å²) >= 11 is 1.20. The number of benzene rings is 2. The van der Waals surface area contributed by atoms with Crippen LogP contribution in [0.25, 0.3) is 0 Å². The average Bonchev–Trinajstić information content (AvgIpc) is 1.79. The summed E-state index contributed by atoms with van der Waals surface area (Å²) in [7, 11) is 4.19. The molecule has 40 heteroatoms. The summed E-state index contributed by atoms with van der Waals surface area (Å²) in [4.78, 5) is 233. The van der Waals surface area contributed by atoms with Crippen LogP contribution in [0.1, 0.15) is 211 Å². The van der Waals surface area contributed by atoms with E-state index in [1.54, 1.807) is 52.7 Å². The highest BCUT2D eigenvalue weighted by atomic mass is 33.1. The van der Waals surface area contributed by atoms with Crippen molar-refractivity contribution in [1.29, 1.82) is 0 Å². The first-order valence-electron chi connectivity index (χ1n) is 40.7. The topological polar surface area (TPSA) is 557 Å². The Morgan fingerprint density at radius 1 is 0.683 bits per heavy atom. The number of carboxylic acids is 5. The van der Waals surface area contributed by atoms with Gasteiger partial charge in [0.05, 0.1) is 43.3 Å². The molecule has 0 aliphatic carbocycles. The molecular formula is C83H119N9O28S3. The van der Waals surface area contributed by atoms with Crippen molar-refractivity contribution in [2.24, 2.45) is 35.5 Å². The molecule has 1 aromatic heterocycles. The van der Waals surface area contributed by atoms with Crippen LogP contribution < -0.4 is 31.9 Å². The summed E-state index contributed by atoms with van der Waals surface area (Å²) in [6.45, 7) is 16.7. The number of hydrogen-bond acceptors (Lipinski definition) is 28. The van der Waals surface area contributed by atoms with E-state index < -0.39 is 183 Å². The second kappa shape index (κ2) is 56.9. The van der Waals surface area contributed by atoms with E-state index in [1.807, 2.05) is 59.1 Å². The van der Waals surface area contributed by atoms with Crippen molar-refractivity contribution in [3.63, 3.8) is 0 Å². The molecule has 12 N–H and O–H groups in total. The van der Waals surface area contributed by atoms with Gasteiger partial charge in [-0.15, -0.1) is 11.3 Å². The number of esters is 2. The van der Waals surface area contributed by atoms with Gasteiger partial charge in [0.1, 0.15) is 46.7 Å². The van der Waals surface area contributed by atoms with Crippen LogP contribution in [-0.4, -0.2) is 240 Å². The van der Waals surface area contributed by atoms with Gasteiger partial charge in [0.25, 0.3) is 12.4 Å². The van der Waals surface area contributed by atoms with Crippen molar-refractivity contribution < 1.29 is 136 Å². The second-order valence-corrected chi connectivity index (χ2v) is 34.3. The number of nitrogens with one attached hydrogen (secondary N) is 6. The molecule has 3 aromatic rings. The smallest absolute Gasteiger partial charge is 0.407 e. The van der Waals surface area contributed by atoms with E-state index in [4.69, 9.17) is 19.3 Å². The number of aliphatic carboxylic acids is 5. The highest BCUT2D eigenvalue weighted by Crippen LogP contribution is 2.35. The van der Waals surface area contributed by atoms with Crippen molar-refractivity contribution >= 4 is 140 Å². The maximum atomic E-state index is 14.8. The number of hydrogen-bond donors (Lipinski definition) is 12. The zero-order chi connectivity index (χ0) is 92.0. The number of nitrogens with zero attached hydrogens (tertiary/aromatic N) is 3. The van der Waals surface area contributed by atoms with Gasteiger partial charge in [-0.1, -0.05) is 125 Å². The molecule has 2 heterocycles. The third-order valence-electron chi connectivity index (χ3n) is 19.8. The fourth-order valence-electron chi connectivity index (χ4n) is 13.1. The number of carboxylic acid groups (broad SMARTS) is 5. The van der Waals surface area contributed by atoms with Gasteiger partial charge in [-0.3, -0.25) is 72.0 Å². The molecule has 1 unspecified atom stereocenters. The van der Waals surface area contributed by atoms with Crippen LogP contribution in [0.3, 0.4) is 0 Å². The number of alkyl carbamates (subject to hydrolysis) is 1. The maximum Gasteiger partial charge on any atom is 0.407 e. The number of ketones is 4. The minimum atomic E-state index is -1.74. The monoisotopic (exact) mass is 1790 g/mol. The van der Waals surface area contributed by atoms with Gasteiger partial charge < -0.3 is 86.4 Å². The van der Waals surface area contributed by atoms with E-state index in [0.717, 1.165) is 59.4 Å². The Kier molecular flexibility index (Phi) is 49.3. The van der Waals surface area contributed by atoms with E-state index >= 15 is 0 Å². The third-order valence-corrected chi connectivity index (χ3v) is 23.2. The SMILES string of the molecule is CC(=O)CNC(=O)OCCSSC[C@@H](CC(=O)[C@@H](Cc1ccccc1)NC(=O)[C@H](CC(=O)O)CC(=O)CC[C@H](NC(=O)CC[C@H](NC(=O)N[C@@H](CCC(=O)O)OC=O)C(=O)O)C(=O)O)C(=O)O.CCCC(=O)OCN(C(=O)[C@@H](CC(=O)[C@H]1CCCCN1C)C(C)CC)[C@H](C[C@@H](OC(C)=O)c1nc(C(=O)N[C@@H](Cc2ccc(O)cc2)CC(C)C)cs1)C(C)C. The van der Waals surface area contributed by atoms with Crippen molar-refractivity contribution in [2.75, 3.05) is 45.0 Å². The lowest BCUT2D eigenvalue weighted by atomic mass is 9.82. The van der Waals surface area contributed by atoms with E-state index in [1.165, 1.54) is 25.2 Å². The van der Waals surface area contributed by atoms with E-state index in [9.17, 15) is 112 Å². The molecule has 682 valence electrons. The summed E-state index contributed by atoms with van der Waals surface area (Å²) < 4.78 is 21.0. The molecule has 1 aliphatic heterocycles. The summed E-state index contributed by atoms with van der Waals surface area (Å²) in [5.41, 5.74) is 1.71. The number of urea groups is 1. The Bertz CT molecular complexity index is 4000. The number of amides is 7. The molecule has 0 saturated carbocycles. The quantitative estimate of drug-likeness (QED) is 0.00638. The number of rotatable bonds is 58. The van der Waals surface area contributed by atoms with Crippen molar-refractivity contribution in [1.82, 2.24) is 46.7 Å². The largest absolute Gasteiger partial charge is 0.508 e. The van der Waals surface area contributed by atoms with Crippen molar-refractivity contribution in [3.8, 4) is 5.75 Å². The van der Waals surface area contributed by atoms with Gasteiger partial charge in [-0.25, -0.2) is 24.2 Å². The number of phenols is 1. The second-order valence-electron chi connectivity index (χ2n) is 30.7. The number of ether oxygens (including phenoxy) is 4. The first-order valence-corrected chi connectivity index (χ1v) is 44.0. The Morgan fingerprint density at radius 3 is 1.93 bits per heavy atom. The molecular weight excluding hydrogens is 1670 g/mol. The van der Waals surface area contributed by atoms with Gasteiger partial charge in [-0.05, 0) is 113 Å². The van der Waals surface area contributed by atoms with Crippen molar-refractivity contribution in [2.45, 2.75) is 239 Å². The predicted octanol–water partition coefficient (Wildman–Crippen LogP) is 7.86. The van der Waals surface area contributed by atoms with Crippen LogP contribution >= 0.6 is 32.9 Å². The molecule has 2 aromatic carbocycles. The van der Waals surface area contributed by atoms with Gasteiger partial charge in [0, 0.05) is 93.2 Å². The molecule has 1 saturated heterocycles. The Morgan fingerprint density at radius 2 is 1.34 bits per heavy atom. The molecule has 1 aliphatic rings. The number of aromatic hydroxyl groups is 1. The molecule has 4 rings (SSSR count). The third kappa shape index (κ3) is 42.4. The van der Waals surface area contributed by atoms with Crippen LogP contribution in [0.5, 0.6) is 5.75 Å². The Balaban J connectivity index is 0.000000644. The summed E-state index contributed by atoms with van der Waals surface area (Å²) in [5, 5.41) is 73.2. The van der Waals surface area contributed by atoms with E-state index in [2.05, 4.69) is 55.1 Å². The summed E-state index contributed by atoms with van der Waals surface area (Å²) in [6, 6.07) is 8.09. The fourth-order valence-corrected chi connectivity index (χ4v) is 16.1. The molecule has 0 spiro atoms. The number of thiazole rings is 1. The molecule has 123 heavy (non-hydrogen) atoms.